The number of carbonyl (C=O) groups is 1. The highest BCUT2D eigenvalue weighted by Gasteiger charge is 2.26. The van der Waals surface area contributed by atoms with Crippen LogP contribution in [0.25, 0.3) is 0 Å². The first-order valence-electron chi connectivity index (χ1n) is 6.40. The first-order valence-corrected chi connectivity index (χ1v) is 6.40. The number of halogens is 2. The Kier molecular flexibility index (Phi) is 4.52. The maximum absolute atomic E-state index is 12.0. The molecular formula is C13H18F2N2O2. The van der Waals surface area contributed by atoms with E-state index in [1.807, 2.05) is 25.3 Å². The lowest BCUT2D eigenvalue weighted by Gasteiger charge is -2.35. The number of carbonyl (C=O) groups excluding carboxylic acids is 1. The highest BCUT2D eigenvalue weighted by molar-refractivity contribution is 5.76. The van der Waals surface area contributed by atoms with E-state index in [4.69, 9.17) is 4.74 Å². The molecule has 0 spiro atoms. The molecule has 0 bridgehead atoms. The maximum atomic E-state index is 12.0. The van der Waals surface area contributed by atoms with Crippen LogP contribution in [-0.4, -0.2) is 41.6 Å². The van der Waals surface area contributed by atoms with Crippen LogP contribution >= 0.6 is 0 Å². The predicted molar refractivity (Wildman–Crippen MR) is 66.0 cm³/mol. The number of rotatable bonds is 5. The molecule has 0 saturated carbocycles. The van der Waals surface area contributed by atoms with Gasteiger partial charge in [-0.05, 0) is 19.1 Å². The molecule has 6 heteroatoms. The third-order valence-corrected chi connectivity index (χ3v) is 3.37. The zero-order valence-corrected chi connectivity index (χ0v) is 10.9. The minimum atomic E-state index is -2.48. The molecule has 2 heterocycles. The first kappa shape index (κ1) is 14.0. The minimum Gasteiger partial charge on any atom is -0.375 e. The Bertz CT molecular complexity index is 434. The number of amides is 1. The second kappa shape index (κ2) is 6.14. The standard InChI is InChI=1S/C13H18F2N2O2/c1-10-11-3-2-5-16(11)6-7-17(10)13(18)4-8-19-9-12(14)15/h2-3,5,10,12H,4,6-9H2,1H3. The fraction of sp³-hybridized carbons (Fsp3) is 0.615. The molecule has 1 aromatic rings. The van der Waals surface area contributed by atoms with E-state index in [0.717, 1.165) is 12.2 Å². The van der Waals surface area contributed by atoms with Crippen molar-refractivity contribution < 1.29 is 18.3 Å². The summed E-state index contributed by atoms with van der Waals surface area (Å²) in [5, 5.41) is 0. The van der Waals surface area contributed by atoms with Crippen LogP contribution in [0.1, 0.15) is 25.1 Å². The van der Waals surface area contributed by atoms with Gasteiger partial charge in [0.15, 0.2) is 0 Å². The van der Waals surface area contributed by atoms with Crippen molar-refractivity contribution in [3.05, 3.63) is 24.0 Å². The lowest BCUT2D eigenvalue weighted by Crippen LogP contribution is -2.41. The molecule has 0 saturated heterocycles. The van der Waals surface area contributed by atoms with Crippen molar-refractivity contribution in [2.45, 2.75) is 32.4 Å². The third-order valence-electron chi connectivity index (χ3n) is 3.37. The molecule has 1 aliphatic heterocycles. The molecule has 106 valence electrons. The summed E-state index contributed by atoms with van der Waals surface area (Å²) in [5.41, 5.74) is 1.10. The van der Waals surface area contributed by atoms with Crippen molar-refractivity contribution in [1.82, 2.24) is 9.47 Å². The Hall–Kier alpha value is -1.43. The molecule has 1 aromatic heterocycles. The van der Waals surface area contributed by atoms with Gasteiger partial charge in [0.25, 0.3) is 6.43 Å². The lowest BCUT2D eigenvalue weighted by molar-refractivity contribution is -0.136. The largest absolute Gasteiger partial charge is 0.375 e. The van der Waals surface area contributed by atoms with Gasteiger partial charge in [0.2, 0.25) is 5.91 Å². The molecule has 0 aliphatic carbocycles. The molecule has 2 rings (SSSR count). The van der Waals surface area contributed by atoms with Gasteiger partial charge in [0, 0.05) is 25.0 Å². The van der Waals surface area contributed by atoms with E-state index in [0.29, 0.717) is 6.54 Å². The van der Waals surface area contributed by atoms with Crippen LogP contribution in [0.3, 0.4) is 0 Å². The van der Waals surface area contributed by atoms with Crippen LogP contribution in [0.15, 0.2) is 18.3 Å². The summed E-state index contributed by atoms with van der Waals surface area (Å²) in [4.78, 5) is 13.8. The second-order valence-corrected chi connectivity index (χ2v) is 4.61. The molecular weight excluding hydrogens is 254 g/mol. The van der Waals surface area contributed by atoms with Crippen molar-refractivity contribution in [2.24, 2.45) is 0 Å². The van der Waals surface area contributed by atoms with Crippen molar-refractivity contribution in [2.75, 3.05) is 19.8 Å². The predicted octanol–water partition coefficient (Wildman–Crippen LogP) is 2.06. The summed E-state index contributed by atoms with van der Waals surface area (Å²) in [7, 11) is 0. The Morgan fingerprint density at radius 3 is 3.05 bits per heavy atom. The number of ether oxygens (including phenoxy) is 1. The van der Waals surface area contributed by atoms with Crippen LogP contribution in [0.2, 0.25) is 0 Å². The van der Waals surface area contributed by atoms with E-state index >= 15 is 0 Å². The highest BCUT2D eigenvalue weighted by atomic mass is 19.3. The van der Waals surface area contributed by atoms with Gasteiger partial charge in [-0.1, -0.05) is 0 Å². The summed E-state index contributed by atoms with van der Waals surface area (Å²) in [6, 6.07) is 3.98. The van der Waals surface area contributed by atoms with E-state index < -0.39 is 13.0 Å². The van der Waals surface area contributed by atoms with Crippen molar-refractivity contribution in [3.63, 3.8) is 0 Å². The number of hydrogen-bond acceptors (Lipinski definition) is 2. The number of aromatic nitrogens is 1. The molecule has 1 unspecified atom stereocenters. The zero-order chi connectivity index (χ0) is 13.8. The molecule has 1 aliphatic rings. The average Bonchev–Trinajstić information content (AvgIpc) is 2.83. The van der Waals surface area contributed by atoms with E-state index in [9.17, 15) is 13.6 Å². The van der Waals surface area contributed by atoms with Gasteiger partial charge < -0.3 is 14.2 Å². The fourth-order valence-electron chi connectivity index (χ4n) is 2.40. The summed E-state index contributed by atoms with van der Waals surface area (Å²) in [5.74, 6) is -0.0470. The monoisotopic (exact) mass is 272 g/mol. The lowest BCUT2D eigenvalue weighted by atomic mass is 10.1. The Morgan fingerprint density at radius 1 is 1.53 bits per heavy atom. The van der Waals surface area contributed by atoms with Gasteiger partial charge >= 0.3 is 0 Å². The number of fused-ring (bicyclic) bond motifs is 1. The number of alkyl halides is 2. The van der Waals surface area contributed by atoms with Crippen LogP contribution in [0, 0.1) is 0 Å². The van der Waals surface area contributed by atoms with Crippen LogP contribution in [0.4, 0.5) is 8.78 Å². The Labute approximate surface area is 110 Å². The van der Waals surface area contributed by atoms with E-state index in [1.54, 1.807) is 4.90 Å². The zero-order valence-electron chi connectivity index (χ0n) is 10.9. The normalized spacial score (nSPS) is 18.7. The van der Waals surface area contributed by atoms with Crippen molar-refractivity contribution in [1.29, 1.82) is 0 Å². The van der Waals surface area contributed by atoms with Gasteiger partial charge in [0.1, 0.15) is 6.61 Å². The highest BCUT2D eigenvalue weighted by Crippen LogP contribution is 2.25. The van der Waals surface area contributed by atoms with Gasteiger partial charge in [-0.25, -0.2) is 8.78 Å². The summed E-state index contributed by atoms with van der Waals surface area (Å²) >= 11 is 0. The van der Waals surface area contributed by atoms with Gasteiger partial charge in [-0.2, -0.15) is 0 Å². The molecule has 0 fully saturated rings. The number of nitrogens with zero attached hydrogens (tertiary/aromatic N) is 2. The Morgan fingerprint density at radius 2 is 2.32 bits per heavy atom. The quantitative estimate of drug-likeness (QED) is 0.769. The summed E-state index contributed by atoms with van der Waals surface area (Å²) in [6.07, 6.45) is -0.329. The van der Waals surface area contributed by atoms with E-state index in [2.05, 4.69) is 4.57 Å². The molecule has 19 heavy (non-hydrogen) atoms. The third kappa shape index (κ3) is 3.32. The van der Waals surface area contributed by atoms with Crippen molar-refractivity contribution >= 4 is 5.91 Å². The average molecular weight is 272 g/mol. The summed E-state index contributed by atoms with van der Waals surface area (Å²) < 4.78 is 30.6. The molecule has 1 atom stereocenters. The molecule has 1 amide bonds. The smallest absolute Gasteiger partial charge is 0.261 e. The van der Waals surface area contributed by atoms with E-state index in [1.165, 1.54) is 0 Å². The number of hydrogen-bond donors (Lipinski definition) is 0. The molecule has 0 radical (unpaired) electrons. The topological polar surface area (TPSA) is 34.5 Å². The van der Waals surface area contributed by atoms with Crippen molar-refractivity contribution in [3.8, 4) is 0 Å². The van der Waals surface area contributed by atoms with Gasteiger partial charge in [-0.3, -0.25) is 4.79 Å². The van der Waals surface area contributed by atoms with Gasteiger partial charge in [0.05, 0.1) is 19.1 Å². The SMILES string of the molecule is CC1c2cccn2CCN1C(=O)CCOCC(F)F. The molecule has 0 aromatic carbocycles. The van der Waals surface area contributed by atoms with E-state index in [-0.39, 0.29) is 25.0 Å². The van der Waals surface area contributed by atoms with Crippen LogP contribution < -0.4 is 0 Å². The molecule has 0 N–H and O–H groups in total. The Balaban J connectivity index is 1.84. The molecule has 4 nitrogen and oxygen atoms in total. The van der Waals surface area contributed by atoms with Gasteiger partial charge in [-0.15, -0.1) is 0 Å². The minimum absolute atomic E-state index is 0.0198. The maximum Gasteiger partial charge on any atom is 0.261 e. The second-order valence-electron chi connectivity index (χ2n) is 4.61. The van der Waals surface area contributed by atoms with Crippen LogP contribution in [0.5, 0.6) is 0 Å². The first-order chi connectivity index (χ1) is 9.09. The fourth-order valence-corrected chi connectivity index (χ4v) is 2.40. The van der Waals surface area contributed by atoms with Crippen LogP contribution in [-0.2, 0) is 16.1 Å². The summed E-state index contributed by atoms with van der Waals surface area (Å²) in [6.45, 7) is 2.84.